The Balaban J connectivity index is 1.92. The van der Waals surface area contributed by atoms with Crippen LogP contribution in [0.3, 0.4) is 0 Å². The molecular weight excluding hydrogens is 234 g/mol. The molecule has 92 valence electrons. The number of aromatic nitrogens is 3. The second kappa shape index (κ2) is 5.31. The van der Waals surface area contributed by atoms with Crippen LogP contribution >= 0.6 is 11.3 Å². The summed E-state index contributed by atoms with van der Waals surface area (Å²) in [7, 11) is 0. The molecule has 0 aliphatic rings. The predicted molar refractivity (Wildman–Crippen MR) is 68.4 cm³/mol. The Morgan fingerprint density at radius 3 is 2.88 bits per heavy atom. The van der Waals surface area contributed by atoms with Crippen molar-refractivity contribution >= 4 is 11.3 Å². The Bertz CT molecular complexity index is 470. The fourth-order valence-electron chi connectivity index (χ4n) is 1.52. The summed E-state index contributed by atoms with van der Waals surface area (Å²) in [4.78, 5) is 5.69. The first kappa shape index (κ1) is 12.1. The number of thiazole rings is 1. The molecule has 0 radical (unpaired) electrons. The van der Waals surface area contributed by atoms with Crippen LogP contribution in [-0.4, -0.2) is 14.8 Å². The van der Waals surface area contributed by atoms with E-state index in [0.717, 1.165) is 29.4 Å². The predicted octanol–water partition coefficient (Wildman–Crippen LogP) is 2.95. The SMILES string of the molecule is CCCn1cc(OCc2nc(C)c(C)s2)cn1. The largest absolute Gasteiger partial charge is 0.483 e. The topological polar surface area (TPSA) is 39.9 Å². The molecule has 0 N–H and O–H groups in total. The van der Waals surface area contributed by atoms with Crippen molar-refractivity contribution in [3.8, 4) is 5.75 Å². The highest BCUT2D eigenvalue weighted by atomic mass is 32.1. The third kappa shape index (κ3) is 3.06. The van der Waals surface area contributed by atoms with Gasteiger partial charge in [0, 0.05) is 11.4 Å². The summed E-state index contributed by atoms with van der Waals surface area (Å²) in [6.07, 6.45) is 4.76. The second-order valence-corrected chi connectivity index (χ2v) is 5.26. The van der Waals surface area contributed by atoms with Crippen LogP contribution in [0, 0.1) is 13.8 Å². The molecule has 0 saturated carbocycles. The molecule has 0 saturated heterocycles. The van der Waals surface area contributed by atoms with Crippen molar-refractivity contribution in [1.29, 1.82) is 0 Å². The van der Waals surface area contributed by atoms with Gasteiger partial charge in [0.15, 0.2) is 5.75 Å². The molecule has 4 nitrogen and oxygen atoms in total. The summed E-state index contributed by atoms with van der Waals surface area (Å²) in [5.74, 6) is 0.809. The van der Waals surface area contributed by atoms with Gasteiger partial charge in [-0.2, -0.15) is 5.10 Å². The molecule has 5 heteroatoms. The maximum Gasteiger partial charge on any atom is 0.157 e. The monoisotopic (exact) mass is 251 g/mol. The van der Waals surface area contributed by atoms with Gasteiger partial charge in [0.2, 0.25) is 0 Å². The van der Waals surface area contributed by atoms with E-state index in [1.807, 2.05) is 17.8 Å². The molecule has 0 fully saturated rings. The van der Waals surface area contributed by atoms with Crippen molar-refractivity contribution < 1.29 is 4.74 Å². The van der Waals surface area contributed by atoms with Crippen LogP contribution in [-0.2, 0) is 13.2 Å². The fraction of sp³-hybridized carbons (Fsp3) is 0.500. The summed E-state index contributed by atoms with van der Waals surface area (Å²) in [6.45, 7) is 7.68. The molecule has 0 aliphatic carbocycles. The third-order valence-corrected chi connectivity index (χ3v) is 3.54. The fourth-order valence-corrected chi connectivity index (χ4v) is 2.36. The van der Waals surface area contributed by atoms with Crippen LogP contribution < -0.4 is 4.74 Å². The molecule has 2 aromatic heterocycles. The molecular formula is C12H17N3OS. The van der Waals surface area contributed by atoms with E-state index in [1.54, 1.807) is 17.5 Å². The molecule has 0 bridgehead atoms. The first-order chi connectivity index (χ1) is 8.19. The third-order valence-electron chi connectivity index (χ3n) is 2.50. The normalized spacial score (nSPS) is 10.8. The van der Waals surface area contributed by atoms with Crippen molar-refractivity contribution in [2.45, 2.75) is 40.3 Å². The Kier molecular flexibility index (Phi) is 3.78. The molecule has 2 rings (SSSR count). The Morgan fingerprint density at radius 2 is 2.24 bits per heavy atom. The molecule has 0 spiro atoms. The maximum atomic E-state index is 5.65. The highest BCUT2D eigenvalue weighted by Crippen LogP contribution is 2.18. The number of ether oxygens (including phenoxy) is 1. The molecule has 0 unspecified atom stereocenters. The lowest BCUT2D eigenvalue weighted by Crippen LogP contribution is -1.96. The van der Waals surface area contributed by atoms with Crippen LogP contribution in [0.2, 0.25) is 0 Å². The second-order valence-electron chi connectivity index (χ2n) is 3.98. The standard InChI is InChI=1S/C12H17N3OS/c1-4-5-15-7-11(6-13-15)16-8-12-14-9(2)10(3)17-12/h6-7H,4-5,8H2,1-3H3. The van der Waals surface area contributed by atoms with Gasteiger partial charge in [-0.1, -0.05) is 6.92 Å². The van der Waals surface area contributed by atoms with E-state index in [4.69, 9.17) is 4.74 Å². The maximum absolute atomic E-state index is 5.65. The smallest absolute Gasteiger partial charge is 0.157 e. The summed E-state index contributed by atoms with van der Waals surface area (Å²) >= 11 is 1.69. The number of nitrogens with zero attached hydrogens (tertiary/aromatic N) is 3. The zero-order chi connectivity index (χ0) is 12.3. The Hall–Kier alpha value is -1.36. The Labute approximate surface area is 105 Å². The van der Waals surface area contributed by atoms with Crippen LogP contribution in [0.5, 0.6) is 5.75 Å². The molecule has 0 aromatic carbocycles. The van der Waals surface area contributed by atoms with Crippen molar-refractivity contribution in [3.05, 3.63) is 28.0 Å². The number of aryl methyl sites for hydroxylation is 3. The van der Waals surface area contributed by atoms with Crippen LogP contribution in [0.15, 0.2) is 12.4 Å². The van der Waals surface area contributed by atoms with Crippen molar-refractivity contribution in [3.63, 3.8) is 0 Å². The van der Waals surface area contributed by atoms with Gasteiger partial charge in [0.25, 0.3) is 0 Å². The van der Waals surface area contributed by atoms with Gasteiger partial charge in [-0.05, 0) is 20.3 Å². The van der Waals surface area contributed by atoms with Crippen molar-refractivity contribution in [1.82, 2.24) is 14.8 Å². The van der Waals surface area contributed by atoms with Crippen LogP contribution in [0.4, 0.5) is 0 Å². The summed E-state index contributed by atoms with van der Waals surface area (Å²) in [5.41, 5.74) is 1.09. The summed E-state index contributed by atoms with van der Waals surface area (Å²) in [5, 5.41) is 5.23. The first-order valence-electron chi connectivity index (χ1n) is 5.77. The van der Waals surface area contributed by atoms with Crippen molar-refractivity contribution in [2.75, 3.05) is 0 Å². The van der Waals surface area contributed by atoms with Crippen LogP contribution in [0.25, 0.3) is 0 Å². The first-order valence-corrected chi connectivity index (χ1v) is 6.59. The number of hydrogen-bond donors (Lipinski definition) is 0. The van der Waals surface area contributed by atoms with E-state index in [2.05, 4.69) is 23.9 Å². The number of rotatable bonds is 5. The van der Waals surface area contributed by atoms with E-state index < -0.39 is 0 Å². The van der Waals surface area contributed by atoms with Gasteiger partial charge in [-0.25, -0.2) is 4.98 Å². The van der Waals surface area contributed by atoms with E-state index in [9.17, 15) is 0 Å². The van der Waals surface area contributed by atoms with Gasteiger partial charge < -0.3 is 4.74 Å². The highest BCUT2D eigenvalue weighted by Gasteiger charge is 2.05. The van der Waals surface area contributed by atoms with Gasteiger partial charge >= 0.3 is 0 Å². The van der Waals surface area contributed by atoms with E-state index in [-0.39, 0.29) is 0 Å². The minimum absolute atomic E-state index is 0.525. The van der Waals surface area contributed by atoms with Gasteiger partial charge in [0.1, 0.15) is 11.6 Å². The zero-order valence-electron chi connectivity index (χ0n) is 10.4. The van der Waals surface area contributed by atoms with E-state index >= 15 is 0 Å². The lowest BCUT2D eigenvalue weighted by Gasteiger charge is -1.99. The zero-order valence-corrected chi connectivity index (χ0v) is 11.3. The average molecular weight is 251 g/mol. The molecule has 0 aliphatic heterocycles. The molecule has 0 amide bonds. The lowest BCUT2D eigenvalue weighted by molar-refractivity contribution is 0.305. The van der Waals surface area contributed by atoms with Gasteiger partial charge in [0.05, 0.1) is 18.1 Å². The van der Waals surface area contributed by atoms with Crippen LogP contribution in [0.1, 0.15) is 28.9 Å². The van der Waals surface area contributed by atoms with Crippen molar-refractivity contribution in [2.24, 2.45) is 0 Å². The average Bonchev–Trinajstić information content (AvgIpc) is 2.85. The van der Waals surface area contributed by atoms with E-state index in [0.29, 0.717) is 6.61 Å². The van der Waals surface area contributed by atoms with Gasteiger partial charge in [-0.3, -0.25) is 4.68 Å². The highest BCUT2D eigenvalue weighted by molar-refractivity contribution is 7.11. The minimum atomic E-state index is 0.525. The molecule has 2 heterocycles. The molecule has 17 heavy (non-hydrogen) atoms. The lowest BCUT2D eigenvalue weighted by atomic mass is 10.4. The molecule has 2 aromatic rings. The summed E-state index contributed by atoms with van der Waals surface area (Å²) < 4.78 is 7.55. The quantitative estimate of drug-likeness (QED) is 0.820. The van der Waals surface area contributed by atoms with Gasteiger partial charge in [-0.15, -0.1) is 11.3 Å². The minimum Gasteiger partial charge on any atom is -0.483 e. The Morgan fingerprint density at radius 1 is 1.41 bits per heavy atom. The summed E-state index contributed by atoms with van der Waals surface area (Å²) in [6, 6.07) is 0. The van der Waals surface area contributed by atoms with E-state index in [1.165, 1.54) is 4.88 Å². The number of hydrogen-bond acceptors (Lipinski definition) is 4. The molecule has 0 atom stereocenters.